The molecule has 0 aromatic rings. The predicted octanol–water partition coefficient (Wildman–Crippen LogP) is 0.871. The molecule has 1 N–H and O–H groups in total. The summed E-state index contributed by atoms with van der Waals surface area (Å²) < 4.78 is 4.70. The van der Waals surface area contributed by atoms with Crippen LogP contribution in [0.1, 0.15) is 26.2 Å². The smallest absolute Gasteiger partial charge is 0.305 e. The van der Waals surface area contributed by atoms with E-state index in [4.69, 9.17) is 4.74 Å². The Hall–Kier alpha value is -0.610. The number of nitrogens with zero attached hydrogens (tertiary/aromatic N) is 1. The van der Waals surface area contributed by atoms with E-state index in [0.717, 1.165) is 45.6 Å². The Kier molecular flexibility index (Phi) is 6.42. The summed E-state index contributed by atoms with van der Waals surface area (Å²) in [6.45, 7) is 7.60. The first-order valence-corrected chi connectivity index (χ1v) is 6.26. The second kappa shape index (κ2) is 7.63. The van der Waals surface area contributed by atoms with Gasteiger partial charge in [0.05, 0.1) is 7.11 Å². The van der Waals surface area contributed by atoms with Crippen molar-refractivity contribution in [2.45, 2.75) is 26.2 Å². The van der Waals surface area contributed by atoms with E-state index in [0.29, 0.717) is 12.3 Å². The van der Waals surface area contributed by atoms with Crippen molar-refractivity contribution in [1.29, 1.82) is 0 Å². The molecule has 0 aromatic heterocycles. The minimum atomic E-state index is -0.0638. The van der Waals surface area contributed by atoms with Crippen LogP contribution < -0.4 is 5.32 Å². The Balaban J connectivity index is 2.11. The number of likely N-dealkylation sites (tertiary alicyclic amines) is 1. The number of hydrogen-bond donors (Lipinski definition) is 1. The average molecular weight is 228 g/mol. The van der Waals surface area contributed by atoms with Gasteiger partial charge in [-0.2, -0.15) is 0 Å². The first kappa shape index (κ1) is 13.5. The molecule has 1 heterocycles. The molecule has 1 aliphatic heterocycles. The number of methoxy groups -OCH3 is 1. The van der Waals surface area contributed by atoms with E-state index < -0.39 is 0 Å². The number of nitrogens with one attached hydrogen (secondary N) is 1. The molecule has 0 bridgehead atoms. The first-order chi connectivity index (χ1) is 7.76. The lowest BCUT2D eigenvalue weighted by Gasteiger charge is -2.31. The highest BCUT2D eigenvalue weighted by Gasteiger charge is 2.21. The number of carbonyl (C=O) groups is 1. The zero-order valence-corrected chi connectivity index (χ0v) is 10.5. The van der Waals surface area contributed by atoms with Gasteiger partial charge < -0.3 is 15.0 Å². The largest absolute Gasteiger partial charge is 0.469 e. The number of likely N-dealkylation sites (N-methyl/N-ethyl adjacent to an activating group) is 1. The number of ether oxygens (including phenoxy) is 1. The molecule has 16 heavy (non-hydrogen) atoms. The molecule has 1 rings (SSSR count). The summed E-state index contributed by atoms with van der Waals surface area (Å²) in [6, 6.07) is 0. The zero-order valence-electron chi connectivity index (χ0n) is 10.5. The number of esters is 1. The Morgan fingerprint density at radius 2 is 2.12 bits per heavy atom. The molecule has 4 heteroatoms. The normalized spacial score (nSPS) is 18.6. The second-order valence-electron chi connectivity index (χ2n) is 4.42. The molecule has 94 valence electrons. The standard InChI is InChI=1S/C12H24N2O2/c1-3-13-6-9-14-7-4-11(5-8-14)10-12(15)16-2/h11,13H,3-10H2,1-2H3. The molecule has 1 fully saturated rings. The van der Waals surface area contributed by atoms with Crippen LogP contribution in [0.2, 0.25) is 0 Å². The highest BCUT2D eigenvalue weighted by atomic mass is 16.5. The van der Waals surface area contributed by atoms with Gasteiger partial charge in [-0.05, 0) is 38.4 Å². The van der Waals surface area contributed by atoms with Crippen molar-refractivity contribution in [3.63, 3.8) is 0 Å². The van der Waals surface area contributed by atoms with Gasteiger partial charge >= 0.3 is 5.97 Å². The first-order valence-electron chi connectivity index (χ1n) is 6.26. The highest BCUT2D eigenvalue weighted by Crippen LogP contribution is 2.20. The van der Waals surface area contributed by atoms with Crippen LogP contribution in [0.4, 0.5) is 0 Å². The zero-order chi connectivity index (χ0) is 11.8. The van der Waals surface area contributed by atoms with E-state index in [1.54, 1.807) is 0 Å². The van der Waals surface area contributed by atoms with Crippen molar-refractivity contribution in [1.82, 2.24) is 10.2 Å². The lowest BCUT2D eigenvalue weighted by molar-refractivity contribution is -0.142. The Bertz CT molecular complexity index is 201. The molecule has 1 saturated heterocycles. The topological polar surface area (TPSA) is 41.6 Å². The van der Waals surface area contributed by atoms with Crippen LogP contribution in [0.25, 0.3) is 0 Å². The molecule has 0 aliphatic carbocycles. The maximum atomic E-state index is 11.1. The van der Waals surface area contributed by atoms with Crippen molar-refractivity contribution in [2.75, 3.05) is 39.8 Å². The molecule has 0 spiro atoms. The highest BCUT2D eigenvalue weighted by molar-refractivity contribution is 5.69. The number of rotatable bonds is 6. The Morgan fingerprint density at radius 3 is 2.69 bits per heavy atom. The summed E-state index contributed by atoms with van der Waals surface area (Å²) in [5.41, 5.74) is 0. The van der Waals surface area contributed by atoms with E-state index in [-0.39, 0.29) is 5.97 Å². The minimum absolute atomic E-state index is 0.0638. The van der Waals surface area contributed by atoms with Crippen LogP contribution in [0, 0.1) is 5.92 Å². The van der Waals surface area contributed by atoms with E-state index in [1.165, 1.54) is 7.11 Å². The third-order valence-corrected chi connectivity index (χ3v) is 3.24. The lowest BCUT2D eigenvalue weighted by Crippen LogP contribution is -2.38. The van der Waals surface area contributed by atoms with Crippen LogP contribution in [0.5, 0.6) is 0 Å². The molecule has 1 aliphatic rings. The number of carbonyl (C=O) groups excluding carboxylic acids is 1. The summed E-state index contributed by atoms with van der Waals surface area (Å²) in [5.74, 6) is 0.467. The van der Waals surface area contributed by atoms with E-state index in [1.807, 2.05) is 0 Å². The molecule has 4 nitrogen and oxygen atoms in total. The molecule has 0 atom stereocenters. The van der Waals surface area contributed by atoms with Gasteiger partial charge in [0.1, 0.15) is 0 Å². The van der Waals surface area contributed by atoms with Gasteiger partial charge in [0.25, 0.3) is 0 Å². The van der Waals surface area contributed by atoms with E-state index in [2.05, 4.69) is 17.1 Å². The van der Waals surface area contributed by atoms with E-state index in [9.17, 15) is 4.79 Å². The monoisotopic (exact) mass is 228 g/mol. The second-order valence-corrected chi connectivity index (χ2v) is 4.42. The van der Waals surface area contributed by atoms with Gasteiger partial charge in [-0.25, -0.2) is 0 Å². The fraction of sp³-hybridized carbons (Fsp3) is 0.917. The van der Waals surface area contributed by atoms with Gasteiger partial charge in [0.2, 0.25) is 0 Å². The lowest BCUT2D eigenvalue weighted by atomic mass is 9.94. The maximum absolute atomic E-state index is 11.1. The molecular formula is C12H24N2O2. The summed E-state index contributed by atoms with van der Waals surface area (Å²) in [7, 11) is 1.47. The van der Waals surface area contributed by atoms with Crippen molar-refractivity contribution < 1.29 is 9.53 Å². The maximum Gasteiger partial charge on any atom is 0.305 e. The van der Waals surface area contributed by atoms with Gasteiger partial charge in [-0.3, -0.25) is 4.79 Å². The summed E-state index contributed by atoms with van der Waals surface area (Å²) in [5, 5.41) is 3.33. The van der Waals surface area contributed by atoms with Gasteiger partial charge in [-0.15, -0.1) is 0 Å². The van der Waals surface area contributed by atoms with Crippen molar-refractivity contribution in [3.8, 4) is 0 Å². The van der Waals surface area contributed by atoms with E-state index >= 15 is 0 Å². The predicted molar refractivity (Wildman–Crippen MR) is 64.3 cm³/mol. The Morgan fingerprint density at radius 1 is 1.44 bits per heavy atom. The SMILES string of the molecule is CCNCCN1CCC(CC(=O)OC)CC1. The fourth-order valence-electron chi connectivity index (χ4n) is 2.15. The Labute approximate surface area is 98.3 Å². The molecule has 0 amide bonds. The van der Waals surface area contributed by atoms with Crippen LogP contribution in [-0.4, -0.2) is 50.7 Å². The van der Waals surface area contributed by atoms with Crippen LogP contribution in [0.3, 0.4) is 0 Å². The molecule has 0 radical (unpaired) electrons. The quantitative estimate of drug-likeness (QED) is 0.541. The third kappa shape index (κ3) is 4.94. The van der Waals surface area contributed by atoms with Gasteiger partial charge in [0, 0.05) is 19.5 Å². The van der Waals surface area contributed by atoms with Gasteiger partial charge in [-0.1, -0.05) is 6.92 Å². The minimum Gasteiger partial charge on any atom is -0.469 e. The number of piperidine rings is 1. The molecule has 0 saturated carbocycles. The average Bonchev–Trinajstić information content (AvgIpc) is 2.31. The molecule has 0 unspecified atom stereocenters. The fourth-order valence-corrected chi connectivity index (χ4v) is 2.15. The van der Waals surface area contributed by atoms with Crippen LogP contribution in [0.15, 0.2) is 0 Å². The third-order valence-electron chi connectivity index (χ3n) is 3.24. The van der Waals surface area contributed by atoms with Crippen LogP contribution in [-0.2, 0) is 9.53 Å². The van der Waals surface area contributed by atoms with Gasteiger partial charge in [0.15, 0.2) is 0 Å². The summed E-state index contributed by atoms with van der Waals surface area (Å²) in [4.78, 5) is 13.6. The van der Waals surface area contributed by atoms with Crippen molar-refractivity contribution >= 4 is 5.97 Å². The van der Waals surface area contributed by atoms with Crippen LogP contribution >= 0.6 is 0 Å². The molecule has 0 aromatic carbocycles. The van der Waals surface area contributed by atoms with Crippen molar-refractivity contribution in [3.05, 3.63) is 0 Å². The summed E-state index contributed by atoms with van der Waals surface area (Å²) in [6.07, 6.45) is 2.85. The summed E-state index contributed by atoms with van der Waals surface area (Å²) >= 11 is 0. The van der Waals surface area contributed by atoms with Crippen molar-refractivity contribution in [2.24, 2.45) is 5.92 Å². The molecular weight excluding hydrogens is 204 g/mol. The number of hydrogen-bond acceptors (Lipinski definition) is 4.